The van der Waals surface area contributed by atoms with Crippen LogP contribution in [0, 0.1) is 5.82 Å². The van der Waals surface area contributed by atoms with E-state index >= 15 is 0 Å². The first-order chi connectivity index (χ1) is 9.26. The summed E-state index contributed by atoms with van der Waals surface area (Å²) in [6.45, 7) is 0.698. The van der Waals surface area contributed by atoms with Gasteiger partial charge in [0.1, 0.15) is 0 Å². The Hall–Kier alpha value is -1.95. The standard InChI is InChI=1S/C13H15FN4O/c1-19-13-5-4-11(6-12(13)14)18-8-10(16-17-18)7-15-9-2-3-9/h4-6,8-9,15H,2-3,7H2,1H3. The molecule has 0 atom stereocenters. The Morgan fingerprint density at radius 1 is 1.47 bits per heavy atom. The first-order valence-corrected chi connectivity index (χ1v) is 6.25. The molecule has 0 saturated heterocycles. The Morgan fingerprint density at radius 2 is 2.32 bits per heavy atom. The molecule has 0 amide bonds. The largest absolute Gasteiger partial charge is 0.494 e. The van der Waals surface area contributed by atoms with Gasteiger partial charge in [0.15, 0.2) is 11.6 Å². The predicted molar refractivity (Wildman–Crippen MR) is 67.7 cm³/mol. The van der Waals surface area contributed by atoms with E-state index in [0.717, 1.165) is 5.69 Å². The number of nitrogens with one attached hydrogen (secondary N) is 1. The first kappa shape index (κ1) is 12.1. The minimum Gasteiger partial charge on any atom is -0.494 e. The van der Waals surface area contributed by atoms with Crippen molar-refractivity contribution in [3.63, 3.8) is 0 Å². The molecule has 1 fully saturated rings. The van der Waals surface area contributed by atoms with Crippen molar-refractivity contribution in [3.8, 4) is 11.4 Å². The second kappa shape index (κ2) is 4.97. The summed E-state index contributed by atoms with van der Waals surface area (Å²) in [6, 6.07) is 5.33. The van der Waals surface area contributed by atoms with Gasteiger partial charge < -0.3 is 10.1 Å². The summed E-state index contributed by atoms with van der Waals surface area (Å²) in [6.07, 6.45) is 4.27. The summed E-state index contributed by atoms with van der Waals surface area (Å²) in [5.41, 5.74) is 1.48. The number of hydrogen-bond donors (Lipinski definition) is 1. The van der Waals surface area contributed by atoms with Gasteiger partial charge in [0, 0.05) is 18.7 Å². The van der Waals surface area contributed by atoms with Crippen LogP contribution in [0.15, 0.2) is 24.4 Å². The van der Waals surface area contributed by atoms with Gasteiger partial charge in [-0.1, -0.05) is 5.21 Å². The Morgan fingerprint density at radius 3 is 3.00 bits per heavy atom. The molecule has 100 valence electrons. The van der Waals surface area contributed by atoms with Crippen LogP contribution >= 0.6 is 0 Å². The minimum atomic E-state index is -0.409. The molecular formula is C13H15FN4O. The Kier molecular flexibility index (Phi) is 3.16. The van der Waals surface area contributed by atoms with Gasteiger partial charge in [-0.15, -0.1) is 5.10 Å². The van der Waals surface area contributed by atoms with E-state index in [2.05, 4.69) is 15.6 Å². The van der Waals surface area contributed by atoms with E-state index < -0.39 is 5.82 Å². The zero-order valence-corrected chi connectivity index (χ0v) is 10.6. The SMILES string of the molecule is COc1ccc(-n2cc(CNC3CC3)nn2)cc1F. The van der Waals surface area contributed by atoms with E-state index in [4.69, 9.17) is 4.74 Å². The topological polar surface area (TPSA) is 52.0 Å². The number of halogens is 1. The molecular weight excluding hydrogens is 247 g/mol. The third-order valence-electron chi connectivity index (χ3n) is 3.09. The van der Waals surface area contributed by atoms with E-state index in [9.17, 15) is 4.39 Å². The van der Waals surface area contributed by atoms with Crippen LogP contribution in [0.2, 0.25) is 0 Å². The van der Waals surface area contributed by atoms with E-state index in [0.29, 0.717) is 18.3 Å². The molecule has 6 heteroatoms. The van der Waals surface area contributed by atoms with Crippen molar-refractivity contribution in [1.29, 1.82) is 0 Å². The van der Waals surface area contributed by atoms with Gasteiger partial charge in [0.25, 0.3) is 0 Å². The second-order valence-corrected chi connectivity index (χ2v) is 4.63. The maximum Gasteiger partial charge on any atom is 0.167 e. The lowest BCUT2D eigenvalue weighted by atomic mass is 10.3. The summed E-state index contributed by atoms with van der Waals surface area (Å²) in [5, 5.41) is 11.4. The van der Waals surface area contributed by atoms with Gasteiger partial charge in [-0.3, -0.25) is 0 Å². The second-order valence-electron chi connectivity index (χ2n) is 4.63. The van der Waals surface area contributed by atoms with Crippen molar-refractivity contribution in [1.82, 2.24) is 20.3 Å². The predicted octanol–water partition coefficient (Wildman–Crippen LogP) is 1.67. The van der Waals surface area contributed by atoms with Gasteiger partial charge in [-0.05, 0) is 25.0 Å². The van der Waals surface area contributed by atoms with Crippen molar-refractivity contribution in [2.75, 3.05) is 7.11 Å². The van der Waals surface area contributed by atoms with Crippen LogP contribution in [0.1, 0.15) is 18.5 Å². The molecule has 19 heavy (non-hydrogen) atoms. The molecule has 3 rings (SSSR count). The normalized spacial score (nSPS) is 14.6. The summed E-state index contributed by atoms with van der Waals surface area (Å²) in [7, 11) is 1.44. The maximum atomic E-state index is 13.6. The molecule has 0 radical (unpaired) electrons. The number of benzene rings is 1. The Bertz CT molecular complexity index is 580. The fourth-order valence-electron chi connectivity index (χ4n) is 1.84. The van der Waals surface area contributed by atoms with Crippen LogP contribution < -0.4 is 10.1 Å². The third-order valence-corrected chi connectivity index (χ3v) is 3.09. The average molecular weight is 262 g/mol. The fourth-order valence-corrected chi connectivity index (χ4v) is 1.84. The van der Waals surface area contributed by atoms with Crippen molar-refractivity contribution in [2.24, 2.45) is 0 Å². The van der Waals surface area contributed by atoms with Crippen LogP contribution in [-0.4, -0.2) is 28.1 Å². The fraction of sp³-hybridized carbons (Fsp3) is 0.385. The Balaban J connectivity index is 1.75. The molecule has 1 saturated carbocycles. The van der Waals surface area contributed by atoms with Crippen LogP contribution in [0.25, 0.3) is 5.69 Å². The monoisotopic (exact) mass is 262 g/mol. The lowest BCUT2D eigenvalue weighted by Crippen LogP contribution is -2.15. The molecule has 1 heterocycles. The van der Waals surface area contributed by atoms with Crippen LogP contribution in [0.3, 0.4) is 0 Å². The zero-order chi connectivity index (χ0) is 13.2. The molecule has 1 aliphatic carbocycles. The smallest absolute Gasteiger partial charge is 0.167 e. The molecule has 0 aliphatic heterocycles. The number of hydrogen-bond acceptors (Lipinski definition) is 4. The summed E-state index contributed by atoms with van der Waals surface area (Å²) < 4.78 is 20.1. The number of rotatable bonds is 5. The van der Waals surface area contributed by atoms with E-state index in [-0.39, 0.29) is 5.75 Å². The number of ether oxygens (including phenoxy) is 1. The maximum absolute atomic E-state index is 13.6. The lowest BCUT2D eigenvalue weighted by Gasteiger charge is -2.04. The van der Waals surface area contributed by atoms with Crippen molar-refractivity contribution in [2.45, 2.75) is 25.4 Å². The van der Waals surface area contributed by atoms with Crippen molar-refractivity contribution < 1.29 is 9.13 Å². The molecule has 0 bridgehead atoms. The molecule has 1 aliphatic rings. The van der Waals surface area contributed by atoms with Crippen molar-refractivity contribution in [3.05, 3.63) is 35.9 Å². The van der Waals surface area contributed by atoms with Crippen LogP contribution in [0.5, 0.6) is 5.75 Å². The van der Waals surface area contributed by atoms with Crippen LogP contribution in [-0.2, 0) is 6.54 Å². The van der Waals surface area contributed by atoms with Crippen molar-refractivity contribution >= 4 is 0 Å². The van der Waals surface area contributed by atoms with Gasteiger partial charge in [0.05, 0.1) is 24.7 Å². The highest BCUT2D eigenvalue weighted by atomic mass is 19.1. The van der Waals surface area contributed by atoms with Crippen LogP contribution in [0.4, 0.5) is 4.39 Å². The van der Waals surface area contributed by atoms with Gasteiger partial charge in [-0.25, -0.2) is 9.07 Å². The van der Waals surface area contributed by atoms with E-state index in [1.165, 1.54) is 26.0 Å². The molecule has 1 aromatic heterocycles. The quantitative estimate of drug-likeness (QED) is 0.890. The summed E-state index contributed by atoms with van der Waals surface area (Å²) in [4.78, 5) is 0. The zero-order valence-electron chi connectivity index (χ0n) is 10.6. The summed E-state index contributed by atoms with van der Waals surface area (Å²) >= 11 is 0. The number of aromatic nitrogens is 3. The molecule has 0 unspecified atom stereocenters. The number of nitrogens with zero attached hydrogens (tertiary/aromatic N) is 3. The first-order valence-electron chi connectivity index (χ1n) is 6.25. The number of methoxy groups -OCH3 is 1. The molecule has 2 aromatic rings. The van der Waals surface area contributed by atoms with E-state index in [1.807, 2.05) is 0 Å². The van der Waals surface area contributed by atoms with Gasteiger partial charge >= 0.3 is 0 Å². The highest BCUT2D eigenvalue weighted by Gasteiger charge is 2.20. The lowest BCUT2D eigenvalue weighted by molar-refractivity contribution is 0.386. The third kappa shape index (κ3) is 2.73. The summed E-state index contributed by atoms with van der Waals surface area (Å²) in [5.74, 6) is -0.187. The van der Waals surface area contributed by atoms with E-state index in [1.54, 1.807) is 23.0 Å². The van der Waals surface area contributed by atoms with Gasteiger partial charge in [-0.2, -0.15) is 0 Å². The minimum absolute atomic E-state index is 0.222. The molecule has 1 N–H and O–H groups in total. The molecule has 1 aromatic carbocycles. The molecule has 0 spiro atoms. The highest BCUT2D eigenvalue weighted by Crippen LogP contribution is 2.20. The average Bonchev–Trinajstić information content (AvgIpc) is 3.13. The highest BCUT2D eigenvalue weighted by molar-refractivity contribution is 5.38. The molecule has 5 nitrogen and oxygen atoms in total. The Labute approximate surface area is 110 Å². The van der Waals surface area contributed by atoms with Gasteiger partial charge in [0.2, 0.25) is 0 Å².